The third-order valence-electron chi connectivity index (χ3n) is 2.82. The summed E-state index contributed by atoms with van der Waals surface area (Å²) in [6.07, 6.45) is 0. The fraction of sp³-hybridized carbons (Fsp3) is 0.462. The number of hydrogen-bond acceptors (Lipinski definition) is 3. The Morgan fingerprint density at radius 2 is 2.17 bits per heavy atom. The van der Waals surface area contributed by atoms with Gasteiger partial charge in [0.2, 0.25) is 0 Å². The van der Waals surface area contributed by atoms with Crippen molar-refractivity contribution in [3.63, 3.8) is 0 Å². The zero-order valence-electron chi connectivity index (χ0n) is 10.3. The fourth-order valence-corrected chi connectivity index (χ4v) is 2.35. The Morgan fingerprint density at radius 1 is 1.39 bits per heavy atom. The number of rotatable bonds is 4. The predicted molar refractivity (Wildman–Crippen MR) is 72.8 cm³/mol. The average molecular weight is 314 g/mol. The maximum absolute atomic E-state index is 12.4. The molecule has 0 saturated carbocycles. The monoisotopic (exact) mass is 313 g/mol. The minimum absolute atomic E-state index is 0.0145. The lowest BCUT2D eigenvalue weighted by atomic mass is 10.1. The Balaban J connectivity index is 2.29. The molecule has 0 N–H and O–H groups in total. The molecule has 5 heteroatoms. The zero-order valence-corrected chi connectivity index (χ0v) is 11.9. The van der Waals surface area contributed by atoms with Crippen LogP contribution in [-0.2, 0) is 0 Å². The molecule has 0 spiro atoms. The van der Waals surface area contributed by atoms with Gasteiger partial charge in [-0.3, -0.25) is 4.79 Å². The molecule has 1 aromatic rings. The van der Waals surface area contributed by atoms with E-state index >= 15 is 0 Å². The number of para-hydroxylation sites is 1. The lowest BCUT2D eigenvalue weighted by molar-refractivity contribution is 0.0764. The molecule has 1 heterocycles. The zero-order chi connectivity index (χ0) is 13.0. The van der Waals surface area contributed by atoms with Crippen LogP contribution in [0.3, 0.4) is 0 Å². The molecule has 1 aliphatic rings. The van der Waals surface area contributed by atoms with Crippen molar-refractivity contribution in [2.75, 3.05) is 31.6 Å². The van der Waals surface area contributed by atoms with Gasteiger partial charge in [0.15, 0.2) is 11.5 Å². The SMILES string of the molecule is CCN(CCBr)C(=O)c1cccc2c1OCCO2. The molecule has 0 fully saturated rings. The van der Waals surface area contributed by atoms with Crippen LogP contribution in [0.4, 0.5) is 0 Å². The Bertz CT molecular complexity index is 436. The number of benzene rings is 1. The van der Waals surface area contributed by atoms with Crippen LogP contribution in [0.25, 0.3) is 0 Å². The van der Waals surface area contributed by atoms with E-state index in [0.29, 0.717) is 43.4 Å². The van der Waals surface area contributed by atoms with Gasteiger partial charge in [-0.15, -0.1) is 0 Å². The molecule has 4 nitrogen and oxygen atoms in total. The van der Waals surface area contributed by atoms with Gasteiger partial charge in [0.25, 0.3) is 5.91 Å². The van der Waals surface area contributed by atoms with Crippen LogP contribution in [0.5, 0.6) is 11.5 Å². The Hall–Kier alpha value is -1.23. The van der Waals surface area contributed by atoms with Crippen molar-refractivity contribution >= 4 is 21.8 Å². The molecule has 0 aromatic heterocycles. The highest BCUT2D eigenvalue weighted by molar-refractivity contribution is 9.09. The Morgan fingerprint density at radius 3 is 2.89 bits per heavy atom. The van der Waals surface area contributed by atoms with Crippen molar-refractivity contribution in [2.45, 2.75) is 6.92 Å². The van der Waals surface area contributed by atoms with E-state index in [2.05, 4.69) is 15.9 Å². The van der Waals surface area contributed by atoms with E-state index in [1.165, 1.54) is 0 Å². The van der Waals surface area contributed by atoms with Crippen molar-refractivity contribution in [2.24, 2.45) is 0 Å². The number of ether oxygens (including phenoxy) is 2. The first-order valence-electron chi connectivity index (χ1n) is 6.01. The lowest BCUT2D eigenvalue weighted by Crippen LogP contribution is -2.33. The summed E-state index contributed by atoms with van der Waals surface area (Å²) >= 11 is 3.36. The van der Waals surface area contributed by atoms with Crippen molar-refractivity contribution in [3.05, 3.63) is 23.8 Å². The predicted octanol–water partition coefficient (Wildman–Crippen LogP) is 2.31. The first-order valence-corrected chi connectivity index (χ1v) is 7.14. The van der Waals surface area contributed by atoms with Gasteiger partial charge in [0, 0.05) is 18.4 Å². The molecule has 0 radical (unpaired) electrons. The van der Waals surface area contributed by atoms with E-state index in [9.17, 15) is 4.79 Å². The van der Waals surface area contributed by atoms with Gasteiger partial charge in [-0.05, 0) is 19.1 Å². The summed E-state index contributed by atoms with van der Waals surface area (Å²) in [7, 11) is 0. The largest absolute Gasteiger partial charge is 0.486 e. The van der Waals surface area contributed by atoms with E-state index in [1.54, 1.807) is 11.0 Å². The summed E-state index contributed by atoms with van der Waals surface area (Å²) in [5.74, 6) is 1.21. The third kappa shape index (κ3) is 2.61. The van der Waals surface area contributed by atoms with E-state index in [1.807, 2.05) is 19.1 Å². The molecule has 18 heavy (non-hydrogen) atoms. The quantitative estimate of drug-likeness (QED) is 0.801. The van der Waals surface area contributed by atoms with E-state index in [4.69, 9.17) is 9.47 Å². The number of carbonyl (C=O) groups excluding carboxylic acids is 1. The van der Waals surface area contributed by atoms with Gasteiger partial charge in [-0.1, -0.05) is 22.0 Å². The van der Waals surface area contributed by atoms with Crippen LogP contribution in [0.2, 0.25) is 0 Å². The number of alkyl halides is 1. The molecule has 1 aromatic carbocycles. The van der Waals surface area contributed by atoms with Gasteiger partial charge in [0.1, 0.15) is 13.2 Å². The normalized spacial score (nSPS) is 13.2. The second-order valence-electron chi connectivity index (χ2n) is 3.90. The van der Waals surface area contributed by atoms with Crippen LogP contribution in [0.15, 0.2) is 18.2 Å². The molecule has 0 unspecified atom stereocenters. The molecular formula is C13H16BrNO3. The van der Waals surface area contributed by atoms with Crippen LogP contribution in [0.1, 0.15) is 17.3 Å². The topological polar surface area (TPSA) is 38.8 Å². The fourth-order valence-electron chi connectivity index (χ4n) is 1.92. The molecule has 0 bridgehead atoms. The minimum atomic E-state index is -0.0145. The number of fused-ring (bicyclic) bond motifs is 1. The van der Waals surface area contributed by atoms with Gasteiger partial charge >= 0.3 is 0 Å². The first kappa shape index (κ1) is 13.2. The maximum atomic E-state index is 12.4. The van der Waals surface area contributed by atoms with Gasteiger partial charge in [-0.2, -0.15) is 0 Å². The summed E-state index contributed by atoms with van der Waals surface area (Å²) in [5.41, 5.74) is 0.579. The second-order valence-corrected chi connectivity index (χ2v) is 4.70. The van der Waals surface area contributed by atoms with Gasteiger partial charge < -0.3 is 14.4 Å². The highest BCUT2D eigenvalue weighted by Crippen LogP contribution is 2.34. The first-order chi connectivity index (χ1) is 8.77. The highest BCUT2D eigenvalue weighted by atomic mass is 79.9. The number of carbonyl (C=O) groups is 1. The van der Waals surface area contributed by atoms with E-state index < -0.39 is 0 Å². The number of hydrogen-bond donors (Lipinski definition) is 0. The molecule has 0 atom stereocenters. The maximum Gasteiger partial charge on any atom is 0.257 e. The van der Waals surface area contributed by atoms with Crippen molar-refractivity contribution in [1.82, 2.24) is 4.90 Å². The summed E-state index contributed by atoms with van der Waals surface area (Å²) in [6, 6.07) is 5.43. The molecular weight excluding hydrogens is 298 g/mol. The van der Waals surface area contributed by atoms with E-state index in [0.717, 1.165) is 5.33 Å². The Labute approximate surface area is 115 Å². The van der Waals surface area contributed by atoms with Crippen molar-refractivity contribution in [1.29, 1.82) is 0 Å². The highest BCUT2D eigenvalue weighted by Gasteiger charge is 2.23. The smallest absolute Gasteiger partial charge is 0.257 e. The molecule has 1 amide bonds. The minimum Gasteiger partial charge on any atom is -0.486 e. The molecule has 1 aliphatic heterocycles. The van der Waals surface area contributed by atoms with Gasteiger partial charge in [-0.25, -0.2) is 0 Å². The lowest BCUT2D eigenvalue weighted by Gasteiger charge is -2.24. The van der Waals surface area contributed by atoms with Crippen LogP contribution < -0.4 is 9.47 Å². The van der Waals surface area contributed by atoms with E-state index in [-0.39, 0.29) is 5.91 Å². The van der Waals surface area contributed by atoms with Crippen LogP contribution in [-0.4, -0.2) is 42.4 Å². The average Bonchev–Trinajstić information content (AvgIpc) is 2.43. The molecule has 98 valence electrons. The Kier molecular flexibility index (Phi) is 4.47. The standard InChI is InChI=1S/C13H16BrNO3/c1-2-15(7-6-14)13(16)10-4-3-5-11-12(10)18-9-8-17-11/h3-5H,2,6-9H2,1H3. The summed E-state index contributed by atoms with van der Waals surface area (Å²) in [5, 5.41) is 0.763. The van der Waals surface area contributed by atoms with Crippen LogP contribution >= 0.6 is 15.9 Å². The number of nitrogens with zero attached hydrogens (tertiary/aromatic N) is 1. The summed E-state index contributed by atoms with van der Waals surface area (Å²) in [4.78, 5) is 14.2. The molecule has 2 rings (SSSR count). The molecule has 0 saturated heterocycles. The summed E-state index contributed by atoms with van der Waals surface area (Å²) in [6.45, 7) is 4.34. The molecule has 0 aliphatic carbocycles. The van der Waals surface area contributed by atoms with Gasteiger partial charge in [0.05, 0.1) is 5.56 Å². The van der Waals surface area contributed by atoms with Crippen LogP contribution in [0, 0.1) is 0 Å². The second kappa shape index (κ2) is 6.09. The number of amides is 1. The summed E-state index contributed by atoms with van der Waals surface area (Å²) < 4.78 is 11.0. The third-order valence-corrected chi connectivity index (χ3v) is 3.17. The van der Waals surface area contributed by atoms with Crippen molar-refractivity contribution < 1.29 is 14.3 Å². The number of halogens is 1. The van der Waals surface area contributed by atoms with Crippen molar-refractivity contribution in [3.8, 4) is 11.5 Å².